The van der Waals surface area contributed by atoms with Crippen molar-refractivity contribution in [3.63, 3.8) is 0 Å². The summed E-state index contributed by atoms with van der Waals surface area (Å²) in [5, 5.41) is 4.69. The van der Waals surface area contributed by atoms with Crippen LogP contribution in [0.5, 0.6) is 0 Å². The lowest BCUT2D eigenvalue weighted by Crippen LogP contribution is -2.06. The molecular formula is C16H18BrFN2O. The Morgan fingerprint density at radius 2 is 2.19 bits per heavy atom. The third-order valence-corrected chi connectivity index (χ3v) is 4.79. The molecule has 1 fully saturated rings. The molecule has 0 amide bonds. The van der Waals surface area contributed by atoms with Crippen molar-refractivity contribution in [1.29, 1.82) is 0 Å². The second kappa shape index (κ2) is 6.18. The smallest absolute Gasteiger partial charge is 0.138 e. The summed E-state index contributed by atoms with van der Waals surface area (Å²) in [5.41, 5.74) is 1.92. The predicted octanol–water partition coefficient (Wildman–Crippen LogP) is 4.71. The Hall–Kier alpha value is -1.36. The van der Waals surface area contributed by atoms with Crippen molar-refractivity contribution in [2.24, 2.45) is 11.1 Å². The van der Waals surface area contributed by atoms with Gasteiger partial charge in [0.15, 0.2) is 0 Å². The Kier molecular flexibility index (Phi) is 4.29. The molecular weight excluding hydrogens is 335 g/mol. The van der Waals surface area contributed by atoms with E-state index in [2.05, 4.69) is 25.7 Å². The second-order valence-electron chi connectivity index (χ2n) is 5.59. The van der Waals surface area contributed by atoms with Gasteiger partial charge in [-0.25, -0.2) is 4.39 Å². The molecule has 3 rings (SSSR count). The van der Waals surface area contributed by atoms with E-state index in [1.165, 1.54) is 32.8 Å². The summed E-state index contributed by atoms with van der Waals surface area (Å²) in [4.78, 5) is 4.75. The molecule has 1 aromatic carbocycles. The van der Waals surface area contributed by atoms with Crippen molar-refractivity contribution in [3.8, 4) is 0 Å². The standard InChI is InChI=1S/C16H18BrFN2O/c1-21-19-8-12-10-20(9-11-4-2-3-5-11)16-7-14(17)15(18)6-13(12)16/h6-8,10-11H,2-5,9H2,1H3/b19-8+. The summed E-state index contributed by atoms with van der Waals surface area (Å²) in [6.45, 7) is 0.982. The fraction of sp³-hybridized carbons (Fsp3) is 0.438. The van der Waals surface area contributed by atoms with Gasteiger partial charge in [0, 0.05) is 23.7 Å². The molecule has 3 nitrogen and oxygen atoms in total. The molecule has 0 atom stereocenters. The molecule has 1 aliphatic rings. The number of hydrogen-bond acceptors (Lipinski definition) is 2. The van der Waals surface area contributed by atoms with E-state index in [1.807, 2.05) is 12.3 Å². The SMILES string of the molecule is CO/N=C/c1cn(CC2CCCC2)c2cc(Br)c(F)cc12. The van der Waals surface area contributed by atoms with Gasteiger partial charge in [-0.1, -0.05) is 18.0 Å². The van der Waals surface area contributed by atoms with Gasteiger partial charge in [0.05, 0.1) is 16.2 Å². The van der Waals surface area contributed by atoms with E-state index in [1.54, 1.807) is 12.3 Å². The lowest BCUT2D eigenvalue weighted by atomic mass is 10.1. The quantitative estimate of drug-likeness (QED) is 0.577. The van der Waals surface area contributed by atoms with Gasteiger partial charge in [-0.15, -0.1) is 0 Å². The first-order chi connectivity index (χ1) is 10.2. The first-order valence-electron chi connectivity index (χ1n) is 7.23. The van der Waals surface area contributed by atoms with Gasteiger partial charge in [-0.3, -0.25) is 0 Å². The summed E-state index contributed by atoms with van der Waals surface area (Å²) in [7, 11) is 1.51. The van der Waals surface area contributed by atoms with Crippen LogP contribution in [0.15, 0.2) is 28.0 Å². The molecule has 1 heterocycles. The summed E-state index contributed by atoms with van der Waals surface area (Å²) in [5.74, 6) is 0.463. The fourth-order valence-electron chi connectivity index (χ4n) is 3.15. The first kappa shape index (κ1) is 14.6. The zero-order valence-corrected chi connectivity index (χ0v) is 13.6. The molecule has 0 saturated heterocycles. The summed E-state index contributed by atoms with van der Waals surface area (Å²) in [6.07, 6.45) is 8.88. The van der Waals surface area contributed by atoms with E-state index in [9.17, 15) is 4.39 Å². The molecule has 5 heteroatoms. The van der Waals surface area contributed by atoms with Gasteiger partial charge >= 0.3 is 0 Å². The number of oxime groups is 1. The number of rotatable bonds is 4. The highest BCUT2D eigenvalue weighted by Gasteiger charge is 2.18. The number of benzene rings is 1. The van der Waals surface area contributed by atoms with Crippen molar-refractivity contribution in [2.45, 2.75) is 32.2 Å². The Balaban J connectivity index is 2.05. The van der Waals surface area contributed by atoms with Gasteiger partial charge < -0.3 is 9.40 Å². The van der Waals surface area contributed by atoms with Gasteiger partial charge in [0.2, 0.25) is 0 Å². The third kappa shape index (κ3) is 2.98. The highest BCUT2D eigenvalue weighted by atomic mass is 79.9. The predicted molar refractivity (Wildman–Crippen MR) is 86.2 cm³/mol. The fourth-order valence-corrected chi connectivity index (χ4v) is 3.48. The number of hydrogen-bond donors (Lipinski definition) is 0. The zero-order chi connectivity index (χ0) is 14.8. The molecule has 1 saturated carbocycles. The summed E-state index contributed by atoms with van der Waals surface area (Å²) in [6, 6.07) is 3.41. The van der Waals surface area contributed by atoms with Gasteiger partial charge in [-0.2, -0.15) is 0 Å². The van der Waals surface area contributed by atoms with Crippen molar-refractivity contribution >= 4 is 33.0 Å². The van der Waals surface area contributed by atoms with E-state index >= 15 is 0 Å². The normalized spacial score (nSPS) is 16.3. The van der Waals surface area contributed by atoms with Crippen molar-refractivity contribution in [3.05, 3.63) is 34.2 Å². The Morgan fingerprint density at radius 3 is 2.90 bits per heavy atom. The van der Waals surface area contributed by atoms with Crippen molar-refractivity contribution < 1.29 is 9.23 Å². The van der Waals surface area contributed by atoms with Crippen LogP contribution >= 0.6 is 15.9 Å². The van der Waals surface area contributed by atoms with Crippen LogP contribution < -0.4 is 0 Å². The maximum absolute atomic E-state index is 13.8. The van der Waals surface area contributed by atoms with Gasteiger partial charge in [0.1, 0.15) is 12.9 Å². The molecule has 2 aromatic rings. The molecule has 0 unspecified atom stereocenters. The number of fused-ring (bicyclic) bond motifs is 1. The Morgan fingerprint density at radius 1 is 1.43 bits per heavy atom. The van der Waals surface area contributed by atoms with Crippen LogP contribution in [-0.4, -0.2) is 17.9 Å². The number of halogens is 2. The maximum atomic E-state index is 13.8. The minimum Gasteiger partial charge on any atom is -0.399 e. The minimum absolute atomic E-state index is 0.256. The van der Waals surface area contributed by atoms with Gasteiger partial charge in [-0.05, 0) is 46.8 Å². The van der Waals surface area contributed by atoms with E-state index < -0.39 is 0 Å². The van der Waals surface area contributed by atoms with E-state index in [-0.39, 0.29) is 5.82 Å². The minimum atomic E-state index is -0.256. The Bertz CT molecular complexity index is 674. The maximum Gasteiger partial charge on any atom is 0.138 e. The van der Waals surface area contributed by atoms with Crippen LogP contribution in [0.1, 0.15) is 31.2 Å². The van der Waals surface area contributed by atoms with Crippen LogP contribution in [-0.2, 0) is 11.4 Å². The monoisotopic (exact) mass is 352 g/mol. The summed E-state index contributed by atoms with van der Waals surface area (Å²) >= 11 is 3.28. The highest BCUT2D eigenvalue weighted by molar-refractivity contribution is 9.10. The molecule has 0 spiro atoms. The topological polar surface area (TPSA) is 26.5 Å². The molecule has 1 aromatic heterocycles. The zero-order valence-electron chi connectivity index (χ0n) is 12.0. The lowest BCUT2D eigenvalue weighted by Gasteiger charge is -2.11. The van der Waals surface area contributed by atoms with E-state index in [4.69, 9.17) is 4.84 Å². The molecule has 0 radical (unpaired) electrons. The summed E-state index contributed by atoms with van der Waals surface area (Å²) < 4.78 is 16.5. The van der Waals surface area contributed by atoms with Crippen LogP contribution in [0.25, 0.3) is 10.9 Å². The molecule has 0 bridgehead atoms. The third-order valence-electron chi connectivity index (χ3n) is 4.18. The van der Waals surface area contributed by atoms with Crippen LogP contribution in [0, 0.1) is 11.7 Å². The average molecular weight is 353 g/mol. The molecule has 112 valence electrons. The van der Waals surface area contributed by atoms with Crippen LogP contribution in [0.3, 0.4) is 0 Å². The number of aromatic nitrogens is 1. The van der Waals surface area contributed by atoms with Crippen molar-refractivity contribution in [1.82, 2.24) is 4.57 Å². The largest absolute Gasteiger partial charge is 0.399 e. The molecule has 1 aliphatic carbocycles. The lowest BCUT2D eigenvalue weighted by molar-refractivity contribution is 0.215. The van der Waals surface area contributed by atoms with Crippen molar-refractivity contribution in [2.75, 3.05) is 7.11 Å². The molecule has 21 heavy (non-hydrogen) atoms. The van der Waals surface area contributed by atoms with E-state index in [0.717, 1.165) is 28.9 Å². The highest BCUT2D eigenvalue weighted by Crippen LogP contribution is 2.31. The van der Waals surface area contributed by atoms with Gasteiger partial charge in [0.25, 0.3) is 0 Å². The number of nitrogens with zero attached hydrogens (tertiary/aromatic N) is 2. The molecule has 0 N–H and O–H groups in total. The average Bonchev–Trinajstić information content (AvgIpc) is 3.08. The second-order valence-corrected chi connectivity index (χ2v) is 6.44. The Labute approximate surface area is 131 Å². The first-order valence-corrected chi connectivity index (χ1v) is 8.02. The van der Waals surface area contributed by atoms with Crippen LogP contribution in [0.2, 0.25) is 0 Å². The van der Waals surface area contributed by atoms with Crippen LogP contribution in [0.4, 0.5) is 4.39 Å². The van der Waals surface area contributed by atoms with E-state index in [0.29, 0.717) is 4.47 Å². The molecule has 0 aliphatic heterocycles.